The average molecular weight is 411 g/mol. The highest BCUT2D eigenvalue weighted by atomic mass is 16.2. The smallest absolute Gasteiger partial charge is 0.319 e. The molecule has 1 aromatic rings. The van der Waals surface area contributed by atoms with Crippen LogP contribution >= 0.6 is 0 Å². The number of benzene rings is 1. The van der Waals surface area contributed by atoms with Crippen LogP contribution in [0.25, 0.3) is 0 Å². The summed E-state index contributed by atoms with van der Waals surface area (Å²) in [6, 6.07) is 8.59. The van der Waals surface area contributed by atoms with Crippen molar-refractivity contribution < 1.29 is 14.4 Å². The Bertz CT molecular complexity index is 926. The summed E-state index contributed by atoms with van der Waals surface area (Å²) in [4.78, 5) is 39.2. The minimum Gasteiger partial charge on any atom is -0.319 e. The maximum atomic E-state index is 13.1. The quantitative estimate of drug-likeness (QED) is 0.577. The van der Waals surface area contributed by atoms with Gasteiger partial charge in [0.25, 0.3) is 11.8 Å². The summed E-state index contributed by atoms with van der Waals surface area (Å²) in [6.45, 7) is 8.27. The maximum absolute atomic E-state index is 13.1. The number of carbonyl (C=O) groups excluding carboxylic acids is 3. The lowest BCUT2D eigenvalue weighted by atomic mass is 9.70. The second-order valence-electron chi connectivity index (χ2n) is 9.53. The van der Waals surface area contributed by atoms with E-state index in [-0.39, 0.29) is 17.4 Å². The molecule has 4 amide bonds. The standard InChI is InChI=1S/C23H30N4O3/c1-5-23(15-9-7-6-8-10-15)19(29)27(20(30)24-23)14-18(28)26-25-17-13-16-11-12-22(17,4)21(16,2)3/h6-10,16H,5,11-14H2,1-4H3,(H,24,30)(H,26,28)/b25-17-. The zero-order chi connectivity index (χ0) is 21.7. The van der Waals surface area contributed by atoms with Gasteiger partial charge < -0.3 is 5.32 Å². The number of nitrogens with one attached hydrogen (secondary N) is 2. The first kappa shape index (κ1) is 20.6. The Balaban J connectivity index is 1.47. The van der Waals surface area contributed by atoms with Gasteiger partial charge in [0.05, 0.1) is 0 Å². The lowest BCUT2D eigenvalue weighted by Gasteiger charge is -2.34. The monoisotopic (exact) mass is 410 g/mol. The number of imide groups is 1. The normalized spacial score (nSPS) is 33.3. The minimum absolute atomic E-state index is 0.0174. The molecule has 7 heteroatoms. The molecule has 0 radical (unpaired) electrons. The topological polar surface area (TPSA) is 90.9 Å². The second-order valence-corrected chi connectivity index (χ2v) is 9.53. The molecule has 3 aliphatic rings. The number of hydrazone groups is 1. The second kappa shape index (κ2) is 6.93. The van der Waals surface area contributed by atoms with Crippen molar-refractivity contribution in [3.8, 4) is 0 Å². The molecule has 1 heterocycles. The van der Waals surface area contributed by atoms with E-state index in [0.29, 0.717) is 17.9 Å². The number of carbonyl (C=O) groups is 3. The van der Waals surface area contributed by atoms with E-state index < -0.39 is 23.4 Å². The zero-order valence-corrected chi connectivity index (χ0v) is 18.1. The number of amides is 4. The van der Waals surface area contributed by atoms with Crippen molar-refractivity contribution in [1.82, 2.24) is 15.6 Å². The number of hydrogen-bond acceptors (Lipinski definition) is 4. The number of urea groups is 1. The van der Waals surface area contributed by atoms with Crippen LogP contribution in [-0.2, 0) is 15.1 Å². The number of nitrogens with zero attached hydrogens (tertiary/aromatic N) is 2. The van der Waals surface area contributed by atoms with Crippen LogP contribution in [0.1, 0.15) is 58.9 Å². The van der Waals surface area contributed by atoms with Crippen LogP contribution < -0.4 is 10.7 Å². The van der Waals surface area contributed by atoms with Gasteiger partial charge in [0, 0.05) is 11.1 Å². The third kappa shape index (κ3) is 2.78. The van der Waals surface area contributed by atoms with Gasteiger partial charge in [0.2, 0.25) is 0 Å². The Morgan fingerprint density at radius 1 is 1.23 bits per heavy atom. The van der Waals surface area contributed by atoms with Gasteiger partial charge in [-0.25, -0.2) is 10.2 Å². The first-order valence-electron chi connectivity index (χ1n) is 10.7. The summed E-state index contributed by atoms with van der Waals surface area (Å²) in [6.07, 6.45) is 3.55. The molecule has 2 saturated carbocycles. The lowest BCUT2D eigenvalue weighted by Crippen LogP contribution is -2.44. The highest BCUT2D eigenvalue weighted by Gasteiger charge is 2.60. The van der Waals surface area contributed by atoms with E-state index in [1.54, 1.807) is 0 Å². The van der Waals surface area contributed by atoms with E-state index in [1.165, 1.54) is 6.42 Å². The fraction of sp³-hybridized carbons (Fsp3) is 0.565. The fourth-order valence-corrected chi connectivity index (χ4v) is 5.54. The lowest BCUT2D eigenvalue weighted by molar-refractivity contribution is -0.135. The molecule has 2 bridgehead atoms. The molecule has 0 aromatic heterocycles. The Labute approximate surface area is 177 Å². The van der Waals surface area contributed by atoms with Crippen molar-refractivity contribution in [2.45, 2.75) is 58.9 Å². The molecule has 3 fully saturated rings. The molecule has 3 atom stereocenters. The molecular weight excluding hydrogens is 380 g/mol. The molecular formula is C23H30N4O3. The Morgan fingerprint density at radius 2 is 1.93 bits per heavy atom. The van der Waals surface area contributed by atoms with E-state index in [0.717, 1.165) is 23.5 Å². The molecule has 30 heavy (non-hydrogen) atoms. The molecule has 3 unspecified atom stereocenters. The highest BCUT2D eigenvalue weighted by molar-refractivity contribution is 6.09. The molecule has 1 aliphatic heterocycles. The zero-order valence-electron chi connectivity index (χ0n) is 18.1. The number of hydrogen-bond donors (Lipinski definition) is 2. The third-order valence-corrected chi connectivity index (χ3v) is 8.10. The van der Waals surface area contributed by atoms with Crippen LogP contribution in [-0.4, -0.2) is 35.0 Å². The first-order chi connectivity index (χ1) is 14.2. The summed E-state index contributed by atoms with van der Waals surface area (Å²) in [5.41, 5.74) is 3.34. The van der Waals surface area contributed by atoms with Crippen molar-refractivity contribution in [2.24, 2.45) is 21.8 Å². The van der Waals surface area contributed by atoms with Gasteiger partial charge in [0.1, 0.15) is 12.1 Å². The van der Waals surface area contributed by atoms with E-state index in [4.69, 9.17) is 0 Å². The van der Waals surface area contributed by atoms with E-state index >= 15 is 0 Å². The predicted octanol–water partition coefficient (Wildman–Crippen LogP) is 3.16. The molecule has 2 N–H and O–H groups in total. The number of rotatable bonds is 5. The molecule has 160 valence electrons. The molecule has 1 aromatic carbocycles. The van der Waals surface area contributed by atoms with Crippen LogP contribution in [0.3, 0.4) is 0 Å². The van der Waals surface area contributed by atoms with E-state index in [1.807, 2.05) is 37.3 Å². The van der Waals surface area contributed by atoms with Crippen LogP contribution in [0, 0.1) is 16.7 Å². The first-order valence-corrected chi connectivity index (χ1v) is 10.7. The summed E-state index contributed by atoms with van der Waals surface area (Å²) in [5, 5.41) is 7.22. The third-order valence-electron chi connectivity index (χ3n) is 8.10. The van der Waals surface area contributed by atoms with Crippen LogP contribution in [0.15, 0.2) is 35.4 Å². The highest BCUT2D eigenvalue weighted by Crippen LogP contribution is 2.63. The van der Waals surface area contributed by atoms with Crippen LogP contribution in [0.2, 0.25) is 0 Å². The maximum Gasteiger partial charge on any atom is 0.325 e. The van der Waals surface area contributed by atoms with Gasteiger partial charge in [-0.2, -0.15) is 5.10 Å². The van der Waals surface area contributed by atoms with Crippen molar-refractivity contribution in [3.05, 3.63) is 35.9 Å². The van der Waals surface area contributed by atoms with E-state index in [2.05, 4.69) is 36.6 Å². The Morgan fingerprint density at radius 3 is 2.50 bits per heavy atom. The molecule has 0 spiro atoms. The molecule has 4 rings (SSSR count). The molecule has 1 saturated heterocycles. The van der Waals surface area contributed by atoms with Crippen LogP contribution in [0.5, 0.6) is 0 Å². The molecule has 2 aliphatic carbocycles. The van der Waals surface area contributed by atoms with Gasteiger partial charge in [-0.1, -0.05) is 58.0 Å². The average Bonchev–Trinajstić information content (AvgIpc) is 3.19. The van der Waals surface area contributed by atoms with Gasteiger partial charge in [-0.05, 0) is 42.6 Å². The van der Waals surface area contributed by atoms with Crippen molar-refractivity contribution >= 4 is 23.6 Å². The van der Waals surface area contributed by atoms with Crippen molar-refractivity contribution in [1.29, 1.82) is 0 Å². The fourth-order valence-electron chi connectivity index (χ4n) is 5.54. The van der Waals surface area contributed by atoms with Crippen molar-refractivity contribution in [3.63, 3.8) is 0 Å². The van der Waals surface area contributed by atoms with Crippen molar-refractivity contribution in [2.75, 3.05) is 6.54 Å². The minimum atomic E-state index is -1.13. The van der Waals surface area contributed by atoms with Gasteiger partial charge in [0.15, 0.2) is 0 Å². The molecule has 7 nitrogen and oxygen atoms in total. The SMILES string of the molecule is CCC1(c2ccccc2)NC(=O)N(CC(=O)N/N=C2/CC3CCC2(C)C3(C)C)C1=O. The summed E-state index contributed by atoms with van der Waals surface area (Å²) in [5.74, 6) is -0.285. The summed E-state index contributed by atoms with van der Waals surface area (Å²) in [7, 11) is 0. The summed E-state index contributed by atoms with van der Waals surface area (Å²) < 4.78 is 0. The largest absolute Gasteiger partial charge is 0.325 e. The Hall–Kier alpha value is -2.70. The van der Waals surface area contributed by atoms with Gasteiger partial charge in [-0.15, -0.1) is 0 Å². The number of fused-ring (bicyclic) bond motifs is 2. The van der Waals surface area contributed by atoms with E-state index in [9.17, 15) is 14.4 Å². The summed E-state index contributed by atoms with van der Waals surface area (Å²) >= 11 is 0. The Kier molecular flexibility index (Phi) is 4.75. The van der Waals surface area contributed by atoms with Gasteiger partial charge in [-0.3, -0.25) is 14.5 Å². The van der Waals surface area contributed by atoms with Gasteiger partial charge >= 0.3 is 6.03 Å². The predicted molar refractivity (Wildman–Crippen MR) is 113 cm³/mol. The van der Waals surface area contributed by atoms with Crippen LogP contribution in [0.4, 0.5) is 4.79 Å².